The number of anilines is 1. The summed E-state index contributed by atoms with van der Waals surface area (Å²) in [5, 5.41) is 0. The molecule has 3 aromatic rings. The van der Waals surface area contributed by atoms with Crippen LogP contribution in [0.25, 0.3) is 10.4 Å². The van der Waals surface area contributed by atoms with E-state index in [1.165, 1.54) is 23.5 Å². The lowest BCUT2D eigenvalue weighted by molar-refractivity contribution is 0.0751. The van der Waals surface area contributed by atoms with E-state index in [9.17, 15) is 9.18 Å². The number of amides is 1. The van der Waals surface area contributed by atoms with Crippen LogP contribution in [0.15, 0.2) is 59.2 Å². The second kappa shape index (κ2) is 7.78. The number of thiophene rings is 1. The van der Waals surface area contributed by atoms with E-state index >= 15 is 0 Å². The number of carbonyl (C=O) groups excluding carboxylic acids is 1. The number of carbonyl (C=O) groups is 1. The summed E-state index contributed by atoms with van der Waals surface area (Å²) in [5.41, 5.74) is 0.923. The molecule has 3 heterocycles. The van der Waals surface area contributed by atoms with E-state index in [2.05, 4.69) is 25.8 Å². The zero-order valence-corrected chi connectivity index (χ0v) is 16.8. The Kier molecular flexibility index (Phi) is 5.22. The lowest BCUT2D eigenvalue weighted by Gasteiger charge is -2.35. The number of pyridine rings is 1. The van der Waals surface area contributed by atoms with Crippen LogP contribution in [0.5, 0.6) is 0 Å². The third-order valence-electron chi connectivity index (χ3n) is 4.55. The molecule has 0 spiro atoms. The summed E-state index contributed by atoms with van der Waals surface area (Å²) in [6, 6.07) is 14.1. The fourth-order valence-corrected chi connectivity index (χ4v) is 4.29. The second-order valence-corrected chi connectivity index (χ2v) is 8.28. The minimum absolute atomic E-state index is 0.0526. The largest absolute Gasteiger partial charge is 0.353 e. The van der Waals surface area contributed by atoms with Gasteiger partial charge in [-0.25, -0.2) is 9.37 Å². The zero-order valence-electron chi connectivity index (χ0n) is 14.4. The Morgan fingerprint density at radius 2 is 1.74 bits per heavy atom. The Hall–Kier alpha value is -2.25. The van der Waals surface area contributed by atoms with Crippen LogP contribution in [0, 0.1) is 5.82 Å². The summed E-state index contributed by atoms with van der Waals surface area (Å²) in [5.74, 6) is 0.724. The molecule has 4 nitrogen and oxygen atoms in total. The minimum Gasteiger partial charge on any atom is -0.353 e. The predicted molar refractivity (Wildman–Crippen MR) is 110 cm³/mol. The molecule has 0 saturated carbocycles. The van der Waals surface area contributed by atoms with Crippen LogP contribution in [0.3, 0.4) is 0 Å². The van der Waals surface area contributed by atoms with Gasteiger partial charge in [0, 0.05) is 41.7 Å². The van der Waals surface area contributed by atoms with Gasteiger partial charge in [-0.2, -0.15) is 0 Å². The normalized spacial score (nSPS) is 14.4. The Balaban J connectivity index is 1.41. The molecule has 0 unspecified atom stereocenters. The SMILES string of the molecule is O=C(c1ccc(-c2ccc(F)cc2)s1)N1CCN(c2ccc(Br)cn2)CC1. The Bertz CT molecular complexity index is 935. The van der Waals surface area contributed by atoms with Crippen molar-refractivity contribution in [2.45, 2.75) is 0 Å². The topological polar surface area (TPSA) is 36.4 Å². The summed E-state index contributed by atoms with van der Waals surface area (Å²) in [4.78, 5) is 23.0. The molecule has 7 heteroatoms. The molecule has 1 aliphatic heterocycles. The molecular weight excluding hydrogens is 429 g/mol. The van der Waals surface area contributed by atoms with Crippen LogP contribution < -0.4 is 4.90 Å². The quantitative estimate of drug-likeness (QED) is 0.587. The van der Waals surface area contributed by atoms with E-state index in [0.717, 1.165) is 33.8 Å². The molecule has 1 aliphatic rings. The number of halogens is 2. The molecule has 0 aliphatic carbocycles. The molecule has 0 atom stereocenters. The smallest absolute Gasteiger partial charge is 0.264 e. The van der Waals surface area contributed by atoms with Crippen LogP contribution in [-0.4, -0.2) is 42.0 Å². The summed E-state index contributed by atoms with van der Waals surface area (Å²) < 4.78 is 14.0. The molecule has 0 N–H and O–H groups in total. The minimum atomic E-state index is -0.259. The van der Waals surface area contributed by atoms with Crippen molar-refractivity contribution in [3.63, 3.8) is 0 Å². The van der Waals surface area contributed by atoms with Crippen LogP contribution in [0.2, 0.25) is 0 Å². The van der Waals surface area contributed by atoms with Gasteiger partial charge in [0.25, 0.3) is 5.91 Å². The maximum absolute atomic E-state index is 13.1. The highest BCUT2D eigenvalue weighted by atomic mass is 79.9. The van der Waals surface area contributed by atoms with Gasteiger partial charge in [-0.15, -0.1) is 11.3 Å². The lowest BCUT2D eigenvalue weighted by atomic mass is 10.2. The molecule has 4 rings (SSSR count). The molecular formula is C20H17BrFN3OS. The van der Waals surface area contributed by atoms with Crippen LogP contribution >= 0.6 is 27.3 Å². The standard InChI is InChI=1S/C20H17BrFN3OS/c21-15-3-8-19(23-13-15)24-9-11-25(12-10-24)20(26)18-7-6-17(27-18)14-1-4-16(22)5-2-14/h1-8,13H,9-12H2. The van der Waals surface area contributed by atoms with E-state index in [4.69, 9.17) is 0 Å². The third kappa shape index (κ3) is 4.04. The van der Waals surface area contributed by atoms with Crippen molar-refractivity contribution in [3.8, 4) is 10.4 Å². The molecule has 138 valence electrons. The monoisotopic (exact) mass is 445 g/mol. The average molecular weight is 446 g/mol. The van der Waals surface area contributed by atoms with Crippen molar-refractivity contribution in [1.82, 2.24) is 9.88 Å². The first-order chi connectivity index (χ1) is 13.1. The molecule has 1 aromatic carbocycles. The molecule has 2 aromatic heterocycles. The molecule has 0 bridgehead atoms. The highest BCUT2D eigenvalue weighted by Gasteiger charge is 2.24. The first-order valence-corrected chi connectivity index (χ1v) is 10.2. The van der Waals surface area contributed by atoms with Crippen LogP contribution in [0.4, 0.5) is 10.2 Å². The van der Waals surface area contributed by atoms with E-state index < -0.39 is 0 Å². The van der Waals surface area contributed by atoms with E-state index in [1.807, 2.05) is 29.2 Å². The van der Waals surface area contributed by atoms with Crippen molar-refractivity contribution < 1.29 is 9.18 Å². The lowest BCUT2D eigenvalue weighted by Crippen LogP contribution is -2.48. The third-order valence-corrected chi connectivity index (χ3v) is 6.14. The van der Waals surface area contributed by atoms with Crippen molar-refractivity contribution in [2.24, 2.45) is 0 Å². The van der Waals surface area contributed by atoms with Gasteiger partial charge in [0.15, 0.2) is 0 Å². The summed E-state index contributed by atoms with van der Waals surface area (Å²) in [7, 11) is 0. The number of rotatable bonds is 3. The Morgan fingerprint density at radius 1 is 1.00 bits per heavy atom. The predicted octanol–water partition coefficient (Wildman–Crippen LogP) is 4.67. The van der Waals surface area contributed by atoms with Gasteiger partial charge in [-0.3, -0.25) is 4.79 Å². The molecule has 1 saturated heterocycles. The number of hydrogen-bond acceptors (Lipinski definition) is 4. The number of piperazine rings is 1. The van der Waals surface area contributed by atoms with Gasteiger partial charge in [0.1, 0.15) is 11.6 Å². The Morgan fingerprint density at radius 3 is 2.41 bits per heavy atom. The van der Waals surface area contributed by atoms with Crippen molar-refractivity contribution >= 4 is 39.0 Å². The van der Waals surface area contributed by atoms with Crippen LogP contribution in [-0.2, 0) is 0 Å². The maximum atomic E-state index is 13.1. The highest BCUT2D eigenvalue weighted by Crippen LogP contribution is 2.29. The van der Waals surface area contributed by atoms with Gasteiger partial charge >= 0.3 is 0 Å². The van der Waals surface area contributed by atoms with Gasteiger partial charge in [-0.05, 0) is 57.9 Å². The fourth-order valence-electron chi connectivity index (χ4n) is 3.07. The maximum Gasteiger partial charge on any atom is 0.264 e. The van der Waals surface area contributed by atoms with Gasteiger partial charge in [0.05, 0.1) is 4.88 Å². The molecule has 0 radical (unpaired) electrons. The van der Waals surface area contributed by atoms with Crippen molar-refractivity contribution in [1.29, 1.82) is 0 Å². The van der Waals surface area contributed by atoms with Gasteiger partial charge in [-0.1, -0.05) is 12.1 Å². The van der Waals surface area contributed by atoms with Crippen molar-refractivity contribution in [3.05, 3.63) is 69.9 Å². The Labute approximate surface area is 169 Å². The number of aromatic nitrogens is 1. The summed E-state index contributed by atoms with van der Waals surface area (Å²) >= 11 is 4.84. The number of hydrogen-bond donors (Lipinski definition) is 0. The van der Waals surface area contributed by atoms with E-state index in [1.54, 1.807) is 18.3 Å². The summed E-state index contributed by atoms with van der Waals surface area (Å²) in [6.45, 7) is 2.86. The molecule has 1 fully saturated rings. The van der Waals surface area contributed by atoms with E-state index in [0.29, 0.717) is 18.0 Å². The highest BCUT2D eigenvalue weighted by molar-refractivity contribution is 9.10. The van der Waals surface area contributed by atoms with Crippen molar-refractivity contribution in [2.75, 3.05) is 31.1 Å². The molecule has 27 heavy (non-hydrogen) atoms. The van der Waals surface area contributed by atoms with E-state index in [-0.39, 0.29) is 11.7 Å². The second-order valence-electron chi connectivity index (χ2n) is 6.28. The first kappa shape index (κ1) is 18.1. The van der Waals surface area contributed by atoms with Gasteiger partial charge < -0.3 is 9.80 Å². The number of nitrogens with zero attached hydrogens (tertiary/aromatic N) is 3. The number of benzene rings is 1. The summed E-state index contributed by atoms with van der Waals surface area (Å²) in [6.07, 6.45) is 1.79. The fraction of sp³-hybridized carbons (Fsp3) is 0.200. The zero-order chi connectivity index (χ0) is 18.8. The van der Waals surface area contributed by atoms with Crippen LogP contribution in [0.1, 0.15) is 9.67 Å². The first-order valence-electron chi connectivity index (χ1n) is 8.62. The van der Waals surface area contributed by atoms with Gasteiger partial charge in [0.2, 0.25) is 0 Å². The molecule has 1 amide bonds. The average Bonchev–Trinajstić information content (AvgIpc) is 3.19.